The molecule has 1 unspecified atom stereocenters. The van der Waals surface area contributed by atoms with Crippen LogP contribution in [0.25, 0.3) is 0 Å². The smallest absolute Gasteiger partial charge is 0.322 e. The van der Waals surface area contributed by atoms with Gasteiger partial charge in [0.2, 0.25) is 5.91 Å². The number of rotatable bonds is 2. The summed E-state index contributed by atoms with van der Waals surface area (Å²) in [6, 6.07) is 6.77. The lowest BCUT2D eigenvalue weighted by molar-refractivity contribution is -0.129. The minimum absolute atomic E-state index is 0.0552. The van der Waals surface area contributed by atoms with E-state index in [2.05, 4.69) is 5.32 Å². The van der Waals surface area contributed by atoms with Crippen LogP contribution in [0.2, 0.25) is 0 Å². The molecule has 1 aliphatic rings. The molecule has 6 heteroatoms. The number of aliphatic hydroxyl groups is 1. The van der Waals surface area contributed by atoms with Gasteiger partial charge in [0.25, 0.3) is 0 Å². The molecule has 0 aliphatic carbocycles. The van der Waals surface area contributed by atoms with Gasteiger partial charge in [-0.25, -0.2) is 4.79 Å². The fourth-order valence-electron chi connectivity index (χ4n) is 2.24. The lowest BCUT2D eigenvalue weighted by Crippen LogP contribution is -2.40. The van der Waals surface area contributed by atoms with Gasteiger partial charge in [-0.15, -0.1) is 0 Å². The van der Waals surface area contributed by atoms with Crippen molar-refractivity contribution in [2.75, 3.05) is 32.0 Å². The van der Waals surface area contributed by atoms with Crippen LogP contribution in [0.1, 0.15) is 25.0 Å². The zero-order valence-corrected chi connectivity index (χ0v) is 12.4. The quantitative estimate of drug-likeness (QED) is 0.866. The summed E-state index contributed by atoms with van der Waals surface area (Å²) < 4.78 is 0. The summed E-state index contributed by atoms with van der Waals surface area (Å²) in [4.78, 5) is 27.2. The number of amides is 3. The molecule has 1 aromatic rings. The predicted octanol–water partition coefficient (Wildman–Crippen LogP) is 1.44. The molecule has 0 spiro atoms. The standard InChI is InChI=1S/C15H21N3O3/c1-11(19)12-5-3-6-13(9-12)16-15(21)18-8-4-7-17(2)14(20)10-18/h3,5-6,9,11,19H,4,7-8,10H2,1-2H3,(H,16,21). The maximum absolute atomic E-state index is 12.2. The number of carbonyl (C=O) groups excluding carboxylic acids is 2. The Bertz CT molecular complexity index is 531. The van der Waals surface area contributed by atoms with Crippen LogP contribution in [0.15, 0.2) is 24.3 Å². The van der Waals surface area contributed by atoms with Gasteiger partial charge in [-0.2, -0.15) is 0 Å². The highest BCUT2D eigenvalue weighted by Crippen LogP contribution is 2.17. The Morgan fingerprint density at radius 2 is 2.14 bits per heavy atom. The van der Waals surface area contributed by atoms with E-state index in [-0.39, 0.29) is 18.5 Å². The van der Waals surface area contributed by atoms with Crippen LogP contribution in [0.5, 0.6) is 0 Å². The van der Waals surface area contributed by atoms with Crippen LogP contribution in [0.4, 0.5) is 10.5 Å². The van der Waals surface area contributed by atoms with Gasteiger partial charge in [0, 0.05) is 25.8 Å². The minimum atomic E-state index is -0.588. The number of hydrogen-bond donors (Lipinski definition) is 2. The Hall–Kier alpha value is -2.08. The summed E-state index contributed by atoms with van der Waals surface area (Å²) in [5.74, 6) is -0.0552. The number of anilines is 1. The second-order valence-electron chi connectivity index (χ2n) is 5.32. The van der Waals surface area contributed by atoms with E-state index in [4.69, 9.17) is 0 Å². The number of likely N-dealkylation sites (N-methyl/N-ethyl adjacent to an activating group) is 1. The summed E-state index contributed by atoms with van der Waals surface area (Å²) >= 11 is 0. The molecule has 1 saturated heterocycles. The monoisotopic (exact) mass is 291 g/mol. The van der Waals surface area contributed by atoms with Gasteiger partial charge in [0.15, 0.2) is 0 Å². The fraction of sp³-hybridized carbons (Fsp3) is 0.467. The van der Waals surface area contributed by atoms with Crippen LogP contribution in [0.3, 0.4) is 0 Å². The number of aliphatic hydroxyl groups excluding tert-OH is 1. The highest BCUT2D eigenvalue weighted by molar-refractivity contribution is 5.92. The first-order chi connectivity index (χ1) is 9.97. The Kier molecular flexibility index (Phi) is 4.80. The molecule has 21 heavy (non-hydrogen) atoms. The predicted molar refractivity (Wildman–Crippen MR) is 79.9 cm³/mol. The van der Waals surface area contributed by atoms with Gasteiger partial charge in [-0.1, -0.05) is 12.1 Å². The van der Waals surface area contributed by atoms with E-state index < -0.39 is 6.10 Å². The Morgan fingerprint density at radius 1 is 1.38 bits per heavy atom. The number of nitrogens with zero attached hydrogens (tertiary/aromatic N) is 2. The van der Waals surface area contributed by atoms with Crippen molar-refractivity contribution < 1.29 is 14.7 Å². The first-order valence-corrected chi connectivity index (χ1v) is 7.05. The topological polar surface area (TPSA) is 72.9 Å². The van der Waals surface area contributed by atoms with Gasteiger partial charge < -0.3 is 20.2 Å². The zero-order chi connectivity index (χ0) is 15.4. The van der Waals surface area contributed by atoms with Crippen molar-refractivity contribution in [3.8, 4) is 0 Å². The largest absolute Gasteiger partial charge is 0.389 e. The molecule has 0 aromatic heterocycles. The van der Waals surface area contributed by atoms with E-state index in [0.717, 1.165) is 12.0 Å². The molecule has 114 valence electrons. The number of hydrogen-bond acceptors (Lipinski definition) is 3. The van der Waals surface area contributed by atoms with Crippen molar-refractivity contribution in [3.05, 3.63) is 29.8 Å². The van der Waals surface area contributed by atoms with Crippen molar-refractivity contribution in [2.45, 2.75) is 19.4 Å². The Balaban J connectivity index is 2.03. The number of carbonyl (C=O) groups is 2. The van der Waals surface area contributed by atoms with Crippen molar-refractivity contribution in [1.82, 2.24) is 9.80 Å². The van der Waals surface area contributed by atoms with Gasteiger partial charge >= 0.3 is 6.03 Å². The average molecular weight is 291 g/mol. The average Bonchev–Trinajstić information content (AvgIpc) is 2.61. The molecule has 1 heterocycles. The third-order valence-corrected chi connectivity index (χ3v) is 3.58. The molecule has 1 aliphatic heterocycles. The molecule has 1 aromatic carbocycles. The van der Waals surface area contributed by atoms with Gasteiger partial charge in [-0.3, -0.25) is 4.79 Å². The maximum Gasteiger partial charge on any atom is 0.322 e. The Morgan fingerprint density at radius 3 is 2.86 bits per heavy atom. The van der Waals surface area contributed by atoms with Crippen LogP contribution < -0.4 is 5.32 Å². The van der Waals surface area contributed by atoms with Crippen LogP contribution in [-0.2, 0) is 4.79 Å². The van der Waals surface area contributed by atoms with Crippen molar-refractivity contribution in [2.24, 2.45) is 0 Å². The summed E-state index contributed by atoms with van der Waals surface area (Å²) in [5, 5.41) is 12.3. The summed E-state index contributed by atoms with van der Waals surface area (Å²) in [6.45, 7) is 2.99. The normalized spacial score (nSPS) is 17.4. The molecule has 6 nitrogen and oxygen atoms in total. The van der Waals surface area contributed by atoms with E-state index >= 15 is 0 Å². The SMILES string of the molecule is CC(O)c1cccc(NC(=O)N2CCCN(C)C(=O)C2)c1. The van der Waals surface area contributed by atoms with Crippen molar-refractivity contribution in [3.63, 3.8) is 0 Å². The van der Waals surface area contributed by atoms with Crippen molar-refractivity contribution in [1.29, 1.82) is 0 Å². The highest BCUT2D eigenvalue weighted by Gasteiger charge is 2.22. The second kappa shape index (κ2) is 6.58. The van der Waals surface area contributed by atoms with Crippen molar-refractivity contribution >= 4 is 17.6 Å². The number of nitrogens with one attached hydrogen (secondary N) is 1. The fourth-order valence-corrected chi connectivity index (χ4v) is 2.24. The summed E-state index contributed by atoms with van der Waals surface area (Å²) in [7, 11) is 1.75. The Labute approximate surface area is 124 Å². The lowest BCUT2D eigenvalue weighted by Gasteiger charge is -2.20. The highest BCUT2D eigenvalue weighted by atomic mass is 16.3. The third kappa shape index (κ3) is 3.95. The van der Waals surface area contributed by atoms with E-state index in [1.54, 1.807) is 43.1 Å². The molecule has 2 rings (SSSR count). The lowest BCUT2D eigenvalue weighted by atomic mass is 10.1. The first kappa shape index (κ1) is 15.3. The minimum Gasteiger partial charge on any atom is -0.389 e. The number of benzene rings is 1. The van der Waals surface area contributed by atoms with Gasteiger partial charge in [0.05, 0.1) is 6.10 Å². The number of urea groups is 1. The molecule has 0 bridgehead atoms. The molecular weight excluding hydrogens is 270 g/mol. The zero-order valence-electron chi connectivity index (χ0n) is 12.4. The van der Waals surface area contributed by atoms with Crippen LogP contribution >= 0.6 is 0 Å². The van der Waals surface area contributed by atoms with E-state index in [0.29, 0.717) is 18.8 Å². The summed E-state index contributed by atoms with van der Waals surface area (Å²) in [5.41, 5.74) is 1.35. The molecular formula is C15H21N3O3. The van der Waals surface area contributed by atoms with E-state index in [1.165, 1.54) is 4.90 Å². The molecule has 2 N–H and O–H groups in total. The van der Waals surface area contributed by atoms with E-state index in [9.17, 15) is 14.7 Å². The van der Waals surface area contributed by atoms with Crippen LogP contribution in [0, 0.1) is 0 Å². The molecule has 1 atom stereocenters. The molecule has 1 fully saturated rings. The van der Waals surface area contributed by atoms with E-state index in [1.807, 2.05) is 0 Å². The van der Waals surface area contributed by atoms with Crippen LogP contribution in [-0.4, -0.2) is 53.5 Å². The van der Waals surface area contributed by atoms with Gasteiger partial charge in [-0.05, 0) is 31.0 Å². The second-order valence-corrected chi connectivity index (χ2v) is 5.32. The first-order valence-electron chi connectivity index (χ1n) is 7.05. The molecule has 3 amide bonds. The third-order valence-electron chi connectivity index (χ3n) is 3.58. The maximum atomic E-state index is 12.2. The molecule has 0 saturated carbocycles. The molecule has 0 radical (unpaired) electrons. The summed E-state index contributed by atoms with van der Waals surface area (Å²) in [6.07, 6.45) is 0.180. The van der Waals surface area contributed by atoms with Gasteiger partial charge in [0.1, 0.15) is 6.54 Å².